The molecule has 0 saturated heterocycles. The Hall–Kier alpha value is -1.05. The van der Waals surface area contributed by atoms with Crippen LogP contribution in [0.3, 0.4) is 0 Å². The summed E-state index contributed by atoms with van der Waals surface area (Å²) >= 11 is 3.41. The lowest BCUT2D eigenvalue weighted by molar-refractivity contribution is 0.638. The molecule has 0 amide bonds. The van der Waals surface area contributed by atoms with Crippen molar-refractivity contribution in [3.8, 4) is 6.07 Å². The van der Waals surface area contributed by atoms with Crippen LogP contribution in [0, 0.1) is 11.3 Å². The number of nitriles is 1. The monoisotopic (exact) mass is 279 g/mol. The largest absolute Gasteiger partial charge is 0.380 e. The van der Waals surface area contributed by atoms with Crippen LogP contribution < -0.4 is 11.1 Å². The average molecular weight is 280 g/mol. The van der Waals surface area contributed by atoms with Gasteiger partial charge >= 0.3 is 0 Å². The van der Waals surface area contributed by atoms with Crippen LogP contribution in [-0.2, 0) is 0 Å². The molecule has 84 valence electrons. The molecule has 0 spiro atoms. The number of nitrogens with zero attached hydrogens (tertiary/aromatic N) is 1. The zero-order chi connectivity index (χ0) is 11.5. The third-order valence-electron chi connectivity index (χ3n) is 3.01. The Morgan fingerprint density at radius 3 is 2.88 bits per heavy atom. The first-order chi connectivity index (χ1) is 7.70. The number of rotatable bonds is 2. The van der Waals surface area contributed by atoms with Crippen LogP contribution in [-0.4, -0.2) is 12.1 Å². The molecule has 0 aromatic heterocycles. The van der Waals surface area contributed by atoms with Crippen LogP contribution >= 0.6 is 15.9 Å². The second-order valence-corrected chi connectivity index (χ2v) is 5.06. The lowest BCUT2D eigenvalue weighted by Crippen LogP contribution is -2.35. The Bertz CT molecular complexity index is 425. The molecule has 2 rings (SSSR count). The molecular weight excluding hydrogens is 266 g/mol. The summed E-state index contributed by atoms with van der Waals surface area (Å²) in [7, 11) is 0. The molecule has 0 aliphatic heterocycles. The topological polar surface area (TPSA) is 61.8 Å². The maximum absolute atomic E-state index is 9.01. The van der Waals surface area contributed by atoms with Gasteiger partial charge in [0.15, 0.2) is 0 Å². The average Bonchev–Trinajstić information content (AvgIpc) is 2.65. The minimum absolute atomic E-state index is 0.200. The minimum Gasteiger partial charge on any atom is -0.380 e. The predicted molar refractivity (Wildman–Crippen MR) is 68.1 cm³/mol. The van der Waals surface area contributed by atoms with E-state index in [0.717, 1.165) is 29.4 Å². The molecule has 0 heterocycles. The Labute approximate surface area is 104 Å². The van der Waals surface area contributed by atoms with E-state index < -0.39 is 0 Å². The molecule has 3 nitrogen and oxygen atoms in total. The van der Waals surface area contributed by atoms with Gasteiger partial charge in [-0.2, -0.15) is 5.26 Å². The lowest BCUT2D eigenvalue weighted by Gasteiger charge is -2.19. The van der Waals surface area contributed by atoms with Crippen LogP contribution in [0.25, 0.3) is 0 Å². The number of hydrogen-bond donors (Lipinski definition) is 2. The fourth-order valence-corrected chi connectivity index (χ4v) is 2.46. The van der Waals surface area contributed by atoms with Gasteiger partial charge in [-0.05, 0) is 37.5 Å². The highest BCUT2D eigenvalue weighted by molar-refractivity contribution is 9.10. The van der Waals surface area contributed by atoms with E-state index in [9.17, 15) is 0 Å². The smallest absolute Gasteiger partial charge is 0.101 e. The van der Waals surface area contributed by atoms with Crippen LogP contribution in [0.2, 0.25) is 0 Å². The van der Waals surface area contributed by atoms with Gasteiger partial charge in [-0.15, -0.1) is 0 Å². The number of benzene rings is 1. The van der Waals surface area contributed by atoms with Gasteiger partial charge in [0.05, 0.1) is 11.3 Å². The van der Waals surface area contributed by atoms with Gasteiger partial charge in [-0.25, -0.2) is 0 Å². The quantitative estimate of drug-likeness (QED) is 0.875. The minimum atomic E-state index is 0.200. The van der Waals surface area contributed by atoms with Crippen molar-refractivity contribution in [3.05, 3.63) is 28.2 Å². The highest BCUT2D eigenvalue weighted by Crippen LogP contribution is 2.26. The second kappa shape index (κ2) is 4.86. The molecule has 16 heavy (non-hydrogen) atoms. The summed E-state index contributed by atoms with van der Waals surface area (Å²) in [6.07, 6.45) is 3.31. The number of hydrogen-bond acceptors (Lipinski definition) is 3. The molecule has 0 radical (unpaired) electrons. The Morgan fingerprint density at radius 2 is 2.25 bits per heavy atom. The van der Waals surface area contributed by atoms with Crippen molar-refractivity contribution in [3.63, 3.8) is 0 Å². The highest BCUT2D eigenvalue weighted by atomic mass is 79.9. The van der Waals surface area contributed by atoms with Crippen molar-refractivity contribution >= 4 is 21.6 Å². The van der Waals surface area contributed by atoms with E-state index in [1.54, 1.807) is 0 Å². The molecule has 1 aliphatic rings. The predicted octanol–water partition coefficient (Wildman–Crippen LogP) is 2.61. The molecule has 1 aliphatic carbocycles. The van der Waals surface area contributed by atoms with Gasteiger partial charge in [0, 0.05) is 16.6 Å². The Kier molecular flexibility index (Phi) is 3.47. The van der Waals surface area contributed by atoms with E-state index in [1.165, 1.54) is 0 Å². The van der Waals surface area contributed by atoms with E-state index in [4.69, 9.17) is 11.0 Å². The summed E-state index contributed by atoms with van der Waals surface area (Å²) < 4.78 is 0.973. The molecular formula is C12H14BrN3. The SMILES string of the molecule is N#Cc1ccc(Br)cc1NC1CCCC1N. The lowest BCUT2D eigenvalue weighted by atomic mass is 10.1. The summed E-state index contributed by atoms with van der Waals surface area (Å²) in [5.41, 5.74) is 7.54. The highest BCUT2D eigenvalue weighted by Gasteiger charge is 2.24. The van der Waals surface area contributed by atoms with Gasteiger partial charge < -0.3 is 11.1 Å². The van der Waals surface area contributed by atoms with E-state index in [-0.39, 0.29) is 6.04 Å². The normalized spacial score (nSPS) is 24.1. The van der Waals surface area contributed by atoms with Crippen molar-refractivity contribution in [2.75, 3.05) is 5.32 Å². The molecule has 3 N–H and O–H groups in total. The summed E-state index contributed by atoms with van der Waals surface area (Å²) in [4.78, 5) is 0. The standard InChI is InChI=1S/C12H14BrN3/c13-9-5-4-8(7-14)12(6-9)16-11-3-1-2-10(11)15/h4-6,10-11,16H,1-3,15H2. The molecule has 4 heteroatoms. The van der Waals surface area contributed by atoms with Crippen LogP contribution in [0.15, 0.2) is 22.7 Å². The summed E-state index contributed by atoms with van der Waals surface area (Å²) in [6.45, 7) is 0. The molecule has 2 atom stereocenters. The van der Waals surface area contributed by atoms with Gasteiger partial charge in [0.1, 0.15) is 6.07 Å². The molecule has 1 aromatic rings. The second-order valence-electron chi connectivity index (χ2n) is 4.15. The van der Waals surface area contributed by atoms with Crippen molar-refractivity contribution in [2.45, 2.75) is 31.3 Å². The zero-order valence-corrected chi connectivity index (χ0v) is 10.5. The van der Waals surface area contributed by atoms with Gasteiger partial charge in [-0.3, -0.25) is 0 Å². The van der Waals surface area contributed by atoms with Crippen molar-refractivity contribution in [1.29, 1.82) is 5.26 Å². The number of halogens is 1. The maximum atomic E-state index is 9.01. The fourth-order valence-electron chi connectivity index (χ4n) is 2.10. The van der Waals surface area contributed by atoms with E-state index in [0.29, 0.717) is 11.6 Å². The van der Waals surface area contributed by atoms with Crippen molar-refractivity contribution in [2.24, 2.45) is 5.73 Å². The third-order valence-corrected chi connectivity index (χ3v) is 3.51. The molecule has 1 saturated carbocycles. The van der Waals surface area contributed by atoms with E-state index >= 15 is 0 Å². The first-order valence-electron chi connectivity index (χ1n) is 5.42. The van der Waals surface area contributed by atoms with Crippen LogP contribution in [0.1, 0.15) is 24.8 Å². The zero-order valence-electron chi connectivity index (χ0n) is 8.91. The number of anilines is 1. The molecule has 2 unspecified atom stereocenters. The fraction of sp³-hybridized carbons (Fsp3) is 0.417. The van der Waals surface area contributed by atoms with E-state index in [1.807, 2.05) is 18.2 Å². The van der Waals surface area contributed by atoms with Crippen LogP contribution in [0.4, 0.5) is 5.69 Å². The first-order valence-corrected chi connectivity index (χ1v) is 6.22. The van der Waals surface area contributed by atoms with Crippen LogP contribution in [0.5, 0.6) is 0 Å². The molecule has 1 fully saturated rings. The molecule has 0 bridgehead atoms. The Morgan fingerprint density at radius 1 is 1.44 bits per heavy atom. The van der Waals surface area contributed by atoms with Gasteiger partial charge in [-0.1, -0.05) is 15.9 Å². The Balaban J connectivity index is 2.20. The maximum Gasteiger partial charge on any atom is 0.101 e. The summed E-state index contributed by atoms with van der Waals surface area (Å²) in [5.74, 6) is 0. The third kappa shape index (κ3) is 2.37. The first kappa shape index (κ1) is 11.4. The summed E-state index contributed by atoms with van der Waals surface area (Å²) in [6, 6.07) is 8.30. The number of nitrogens with two attached hydrogens (primary N) is 1. The van der Waals surface area contributed by atoms with Crippen molar-refractivity contribution < 1.29 is 0 Å². The molecule has 1 aromatic carbocycles. The van der Waals surface area contributed by atoms with E-state index in [2.05, 4.69) is 27.3 Å². The number of nitrogens with one attached hydrogen (secondary N) is 1. The van der Waals surface area contributed by atoms with Crippen molar-refractivity contribution in [1.82, 2.24) is 0 Å². The summed E-state index contributed by atoms with van der Waals surface area (Å²) in [5, 5.41) is 12.4. The van der Waals surface area contributed by atoms with Gasteiger partial charge in [0.2, 0.25) is 0 Å². The van der Waals surface area contributed by atoms with Gasteiger partial charge in [0.25, 0.3) is 0 Å².